The SMILES string of the molecule is CC1=C(CC(=O)O)c2cc(F)ccc2C1=Cc1cccc(C(F)(F)c2ccccc2)c1. The highest BCUT2D eigenvalue weighted by atomic mass is 19.3. The summed E-state index contributed by atoms with van der Waals surface area (Å²) in [5.41, 5.74) is 3.45. The third-order valence-electron chi connectivity index (χ3n) is 5.48. The summed E-state index contributed by atoms with van der Waals surface area (Å²) < 4.78 is 43.8. The van der Waals surface area contributed by atoms with Crippen molar-refractivity contribution in [1.29, 1.82) is 0 Å². The van der Waals surface area contributed by atoms with E-state index in [-0.39, 0.29) is 17.5 Å². The van der Waals surface area contributed by atoms with Crippen molar-refractivity contribution >= 4 is 23.2 Å². The van der Waals surface area contributed by atoms with E-state index >= 15 is 8.78 Å². The van der Waals surface area contributed by atoms with Crippen LogP contribution in [0.1, 0.15) is 41.2 Å². The molecule has 0 amide bonds. The molecule has 1 aliphatic rings. The minimum Gasteiger partial charge on any atom is -0.481 e. The molecule has 0 saturated carbocycles. The number of halogens is 3. The van der Waals surface area contributed by atoms with Gasteiger partial charge in [-0.2, -0.15) is 8.78 Å². The summed E-state index contributed by atoms with van der Waals surface area (Å²) in [4.78, 5) is 11.3. The van der Waals surface area contributed by atoms with E-state index in [0.717, 1.165) is 0 Å². The molecular weight excluding hydrogens is 401 g/mol. The Morgan fingerprint density at radius 3 is 2.35 bits per heavy atom. The number of benzene rings is 3. The minimum atomic E-state index is -3.16. The second-order valence-electron chi connectivity index (χ2n) is 7.49. The van der Waals surface area contributed by atoms with Gasteiger partial charge in [0.05, 0.1) is 6.42 Å². The van der Waals surface area contributed by atoms with Gasteiger partial charge in [0.2, 0.25) is 0 Å². The number of rotatable bonds is 5. The number of alkyl halides is 2. The van der Waals surface area contributed by atoms with E-state index in [1.807, 2.05) is 0 Å². The highest BCUT2D eigenvalue weighted by molar-refractivity contribution is 6.07. The number of fused-ring (bicyclic) bond motifs is 1. The van der Waals surface area contributed by atoms with E-state index in [1.165, 1.54) is 36.4 Å². The first-order valence-electron chi connectivity index (χ1n) is 9.75. The van der Waals surface area contributed by atoms with Gasteiger partial charge in [-0.25, -0.2) is 4.39 Å². The summed E-state index contributed by atoms with van der Waals surface area (Å²) in [7, 11) is 0. The van der Waals surface area contributed by atoms with Crippen molar-refractivity contribution in [3.05, 3.63) is 112 Å². The first kappa shape index (κ1) is 20.7. The van der Waals surface area contributed by atoms with Crippen molar-refractivity contribution in [2.75, 3.05) is 0 Å². The lowest BCUT2D eigenvalue weighted by Crippen LogP contribution is -2.15. The van der Waals surface area contributed by atoms with Gasteiger partial charge in [-0.1, -0.05) is 54.6 Å². The second-order valence-corrected chi connectivity index (χ2v) is 7.49. The zero-order valence-corrected chi connectivity index (χ0v) is 16.7. The molecule has 0 unspecified atom stereocenters. The van der Waals surface area contributed by atoms with Gasteiger partial charge in [0.1, 0.15) is 5.82 Å². The molecule has 1 N–H and O–H groups in total. The molecule has 0 aliphatic heterocycles. The average Bonchev–Trinajstić information content (AvgIpc) is 2.99. The van der Waals surface area contributed by atoms with Gasteiger partial charge in [0.25, 0.3) is 5.92 Å². The quantitative estimate of drug-likeness (QED) is 0.495. The maximum atomic E-state index is 15.0. The third-order valence-corrected chi connectivity index (χ3v) is 5.48. The summed E-state index contributed by atoms with van der Waals surface area (Å²) in [6.07, 6.45) is 1.50. The normalized spacial score (nSPS) is 14.8. The smallest absolute Gasteiger partial charge is 0.307 e. The van der Waals surface area contributed by atoms with Crippen molar-refractivity contribution in [3.63, 3.8) is 0 Å². The molecule has 4 rings (SSSR count). The minimum absolute atomic E-state index is 0.0960. The van der Waals surface area contributed by atoms with Gasteiger partial charge in [0, 0.05) is 11.1 Å². The molecule has 2 nitrogen and oxygen atoms in total. The highest BCUT2D eigenvalue weighted by Gasteiger charge is 2.34. The highest BCUT2D eigenvalue weighted by Crippen LogP contribution is 2.44. The molecule has 0 heterocycles. The molecule has 0 spiro atoms. The number of hydrogen-bond donors (Lipinski definition) is 1. The Balaban J connectivity index is 1.80. The zero-order chi connectivity index (χ0) is 22.2. The van der Waals surface area contributed by atoms with Gasteiger partial charge in [-0.3, -0.25) is 4.79 Å². The summed E-state index contributed by atoms with van der Waals surface area (Å²) in [6.45, 7) is 1.77. The molecule has 0 fully saturated rings. The topological polar surface area (TPSA) is 37.3 Å². The van der Waals surface area contributed by atoms with E-state index in [4.69, 9.17) is 0 Å². The number of carboxylic acid groups (broad SMARTS) is 1. The Kier molecular flexibility index (Phi) is 5.27. The molecule has 5 heteroatoms. The lowest BCUT2D eigenvalue weighted by atomic mass is 9.96. The predicted octanol–water partition coefficient (Wildman–Crippen LogP) is 6.77. The number of hydrogen-bond acceptors (Lipinski definition) is 1. The number of carbonyl (C=O) groups is 1. The van der Waals surface area contributed by atoms with Crippen LogP contribution in [0.25, 0.3) is 17.2 Å². The van der Waals surface area contributed by atoms with Crippen LogP contribution in [0.4, 0.5) is 13.2 Å². The van der Waals surface area contributed by atoms with E-state index in [0.29, 0.717) is 33.4 Å². The molecule has 0 bridgehead atoms. The van der Waals surface area contributed by atoms with E-state index in [2.05, 4.69) is 0 Å². The van der Waals surface area contributed by atoms with E-state index in [1.54, 1.807) is 49.4 Å². The molecule has 1 aliphatic carbocycles. The van der Waals surface area contributed by atoms with Gasteiger partial charge >= 0.3 is 5.97 Å². The second kappa shape index (κ2) is 7.91. The lowest BCUT2D eigenvalue weighted by molar-refractivity contribution is -0.135. The molecule has 3 aromatic rings. The zero-order valence-electron chi connectivity index (χ0n) is 16.7. The van der Waals surface area contributed by atoms with Crippen LogP contribution < -0.4 is 0 Å². The van der Waals surface area contributed by atoms with Crippen molar-refractivity contribution in [1.82, 2.24) is 0 Å². The van der Waals surface area contributed by atoms with E-state index < -0.39 is 17.7 Å². The maximum Gasteiger partial charge on any atom is 0.307 e. The van der Waals surface area contributed by atoms with Crippen LogP contribution in [-0.4, -0.2) is 11.1 Å². The molecular formula is C26H19F3O2. The standard InChI is InChI=1S/C26H19F3O2/c1-16-22(21-11-10-20(27)14-24(21)23(16)15-25(30)31)13-17-6-5-9-19(12-17)26(28,29)18-7-3-2-4-8-18/h2-14H,15H2,1H3,(H,30,31). The lowest BCUT2D eigenvalue weighted by Gasteiger charge is -2.17. The number of aliphatic carboxylic acids is 1. The Labute approximate surface area is 178 Å². The number of carboxylic acids is 1. The van der Waals surface area contributed by atoms with Crippen LogP contribution >= 0.6 is 0 Å². The van der Waals surface area contributed by atoms with Gasteiger partial charge in [-0.15, -0.1) is 0 Å². The Morgan fingerprint density at radius 2 is 1.65 bits per heavy atom. The van der Waals surface area contributed by atoms with Gasteiger partial charge in [0.15, 0.2) is 0 Å². The summed E-state index contributed by atoms with van der Waals surface area (Å²) in [6, 6.07) is 17.9. The van der Waals surface area contributed by atoms with Crippen molar-refractivity contribution in [2.45, 2.75) is 19.3 Å². The summed E-state index contributed by atoms with van der Waals surface area (Å²) >= 11 is 0. The van der Waals surface area contributed by atoms with Crippen LogP contribution in [0, 0.1) is 5.82 Å². The van der Waals surface area contributed by atoms with Crippen molar-refractivity contribution in [2.24, 2.45) is 0 Å². The fourth-order valence-corrected chi connectivity index (χ4v) is 3.94. The molecule has 31 heavy (non-hydrogen) atoms. The fourth-order valence-electron chi connectivity index (χ4n) is 3.94. The van der Waals surface area contributed by atoms with Crippen LogP contribution in [0.15, 0.2) is 78.4 Å². The predicted molar refractivity (Wildman–Crippen MR) is 115 cm³/mol. The molecule has 0 aromatic heterocycles. The molecule has 0 atom stereocenters. The van der Waals surface area contributed by atoms with Crippen LogP contribution in [-0.2, 0) is 10.7 Å². The van der Waals surface area contributed by atoms with Crippen molar-refractivity contribution < 1.29 is 23.1 Å². The van der Waals surface area contributed by atoms with Crippen LogP contribution in [0.3, 0.4) is 0 Å². The van der Waals surface area contributed by atoms with Gasteiger partial charge in [-0.05, 0) is 64.6 Å². The molecule has 0 radical (unpaired) electrons. The Hall–Kier alpha value is -3.60. The largest absolute Gasteiger partial charge is 0.481 e. The first-order valence-corrected chi connectivity index (χ1v) is 9.75. The number of allylic oxidation sites excluding steroid dienone is 2. The summed E-state index contributed by atoms with van der Waals surface area (Å²) in [5.74, 6) is -4.64. The first-order chi connectivity index (χ1) is 14.8. The fraction of sp³-hybridized carbons (Fsp3) is 0.115. The molecule has 156 valence electrons. The molecule has 0 saturated heterocycles. The maximum absolute atomic E-state index is 15.0. The Morgan fingerprint density at radius 1 is 0.935 bits per heavy atom. The van der Waals surface area contributed by atoms with Crippen LogP contribution in [0.2, 0.25) is 0 Å². The monoisotopic (exact) mass is 420 g/mol. The summed E-state index contributed by atoms with van der Waals surface area (Å²) in [5, 5.41) is 9.27. The van der Waals surface area contributed by atoms with Crippen LogP contribution in [0.5, 0.6) is 0 Å². The van der Waals surface area contributed by atoms with E-state index in [9.17, 15) is 14.3 Å². The molecule has 3 aromatic carbocycles. The Bertz CT molecular complexity index is 1220. The average molecular weight is 420 g/mol. The van der Waals surface area contributed by atoms with Gasteiger partial charge < -0.3 is 5.11 Å². The third kappa shape index (κ3) is 3.91. The van der Waals surface area contributed by atoms with Crippen molar-refractivity contribution in [3.8, 4) is 0 Å².